The van der Waals surface area contributed by atoms with Crippen molar-refractivity contribution in [2.24, 2.45) is 5.16 Å². The van der Waals surface area contributed by atoms with Crippen molar-refractivity contribution in [3.63, 3.8) is 0 Å². The van der Waals surface area contributed by atoms with Gasteiger partial charge < -0.3 is 5.21 Å². The van der Waals surface area contributed by atoms with Gasteiger partial charge in [0.15, 0.2) is 17.8 Å². The molecule has 0 saturated carbocycles. The van der Waals surface area contributed by atoms with E-state index in [0.717, 1.165) is 6.92 Å². The molecule has 0 heterocycles. The van der Waals surface area contributed by atoms with Crippen molar-refractivity contribution in [1.82, 2.24) is 0 Å². The van der Waals surface area contributed by atoms with E-state index in [4.69, 9.17) is 5.21 Å². The number of nitrogens with zero attached hydrogens (tertiary/aromatic N) is 1. The van der Waals surface area contributed by atoms with Crippen molar-refractivity contribution in [3.8, 4) is 0 Å². The Morgan fingerprint density at radius 2 is 2.25 bits per heavy atom. The van der Waals surface area contributed by atoms with Crippen molar-refractivity contribution in [2.45, 2.75) is 6.92 Å². The van der Waals surface area contributed by atoms with Crippen LogP contribution in [0.2, 0.25) is 0 Å². The molecule has 0 aromatic rings. The first-order valence-corrected chi connectivity index (χ1v) is 1.90. The van der Waals surface area contributed by atoms with Crippen LogP contribution in [-0.4, -0.2) is 23.0 Å². The van der Waals surface area contributed by atoms with Gasteiger partial charge in [-0.15, -0.1) is 0 Å². The molecule has 0 bridgehead atoms. The summed E-state index contributed by atoms with van der Waals surface area (Å²) < 4.78 is 0. The third kappa shape index (κ3) is 1.51. The highest BCUT2D eigenvalue weighted by molar-refractivity contribution is 6.59. The van der Waals surface area contributed by atoms with E-state index < -0.39 is 11.5 Å². The molecule has 0 saturated heterocycles. The Balaban J connectivity index is 4.13. The monoisotopic (exact) mass is 115 g/mol. The van der Waals surface area contributed by atoms with E-state index in [1.807, 2.05) is 0 Å². The zero-order valence-corrected chi connectivity index (χ0v) is 4.29. The first-order chi connectivity index (χ1) is 3.72. The van der Waals surface area contributed by atoms with Gasteiger partial charge in [-0.05, 0) is 0 Å². The van der Waals surface area contributed by atoms with Crippen LogP contribution in [0.5, 0.6) is 0 Å². The van der Waals surface area contributed by atoms with E-state index in [1.54, 1.807) is 0 Å². The molecular formula is C4H5NO3. The molecule has 0 spiro atoms. The molecule has 4 heteroatoms. The number of ketones is 1. The summed E-state index contributed by atoms with van der Waals surface area (Å²) in [6, 6.07) is 0. The summed E-state index contributed by atoms with van der Waals surface area (Å²) in [5.41, 5.74) is -0.454. The van der Waals surface area contributed by atoms with E-state index >= 15 is 0 Å². The van der Waals surface area contributed by atoms with Gasteiger partial charge in [0, 0.05) is 6.92 Å². The smallest absolute Gasteiger partial charge is 0.184 e. The van der Waals surface area contributed by atoms with E-state index in [-0.39, 0.29) is 6.29 Å². The molecule has 0 unspecified atom stereocenters. The second kappa shape index (κ2) is 2.90. The Morgan fingerprint density at radius 3 is 2.25 bits per heavy atom. The van der Waals surface area contributed by atoms with Crippen LogP contribution < -0.4 is 0 Å². The summed E-state index contributed by atoms with van der Waals surface area (Å²) >= 11 is 0. The molecule has 0 rings (SSSR count). The fraction of sp³-hybridized carbons (Fsp3) is 0.250. The van der Waals surface area contributed by atoms with Crippen LogP contribution in [-0.2, 0) is 9.59 Å². The topological polar surface area (TPSA) is 66.7 Å². The molecular weight excluding hydrogens is 110 g/mol. The Morgan fingerprint density at radius 1 is 1.75 bits per heavy atom. The Kier molecular flexibility index (Phi) is 2.47. The predicted molar refractivity (Wildman–Crippen MR) is 26.0 cm³/mol. The van der Waals surface area contributed by atoms with Gasteiger partial charge in [0.1, 0.15) is 0 Å². The number of rotatable bonds is 2. The highest BCUT2D eigenvalue weighted by Gasteiger charge is 2.01. The highest BCUT2D eigenvalue weighted by atomic mass is 16.4. The standard InChI is InChI=1S/C4H5NO3/c1-3(7)4(2-6)5-8/h2,8H,1H3/b5-4-. The largest absolute Gasteiger partial charge is 0.410 e. The maximum atomic E-state index is 10.1. The molecule has 0 amide bonds. The quantitative estimate of drug-likeness (QED) is 0.175. The van der Waals surface area contributed by atoms with Gasteiger partial charge in [-0.25, -0.2) is 0 Å². The van der Waals surface area contributed by atoms with Gasteiger partial charge in [0.2, 0.25) is 0 Å². The Labute approximate surface area is 45.8 Å². The van der Waals surface area contributed by atoms with Crippen LogP contribution in [0.25, 0.3) is 0 Å². The van der Waals surface area contributed by atoms with Crippen molar-refractivity contribution < 1.29 is 14.8 Å². The van der Waals surface area contributed by atoms with Gasteiger partial charge >= 0.3 is 0 Å². The van der Waals surface area contributed by atoms with Gasteiger partial charge in [0.25, 0.3) is 0 Å². The summed E-state index contributed by atoms with van der Waals surface area (Å²) in [5, 5.41) is 10.2. The number of carbonyl (C=O) groups excluding carboxylic acids is 2. The van der Waals surface area contributed by atoms with E-state index in [1.165, 1.54) is 0 Å². The van der Waals surface area contributed by atoms with Gasteiger partial charge in [-0.3, -0.25) is 9.59 Å². The normalized spacial score (nSPS) is 10.9. The number of aldehydes is 1. The summed E-state index contributed by atoms with van der Waals surface area (Å²) in [6.07, 6.45) is 0.197. The molecule has 0 fully saturated rings. The Hall–Kier alpha value is -1.19. The molecule has 0 atom stereocenters. The molecule has 0 radical (unpaired) electrons. The second-order valence-electron chi connectivity index (χ2n) is 1.16. The van der Waals surface area contributed by atoms with Crippen molar-refractivity contribution in [2.75, 3.05) is 0 Å². The summed E-state index contributed by atoms with van der Waals surface area (Å²) in [5.74, 6) is -0.539. The lowest BCUT2D eigenvalue weighted by Gasteiger charge is -1.81. The van der Waals surface area contributed by atoms with Crippen LogP contribution in [0.3, 0.4) is 0 Å². The minimum atomic E-state index is -0.539. The number of oxime groups is 1. The average Bonchev–Trinajstić information content (AvgIpc) is 1.69. The molecule has 44 valence electrons. The lowest BCUT2D eigenvalue weighted by atomic mass is 10.3. The van der Waals surface area contributed by atoms with Crippen LogP contribution in [0.15, 0.2) is 5.16 Å². The number of hydrogen-bond donors (Lipinski definition) is 1. The molecule has 0 aliphatic rings. The molecule has 0 aromatic carbocycles. The van der Waals surface area contributed by atoms with Crippen molar-refractivity contribution >= 4 is 17.8 Å². The van der Waals surface area contributed by atoms with Crippen LogP contribution in [0.4, 0.5) is 0 Å². The average molecular weight is 115 g/mol. The maximum absolute atomic E-state index is 10.1. The lowest BCUT2D eigenvalue weighted by molar-refractivity contribution is -0.112. The molecule has 0 aliphatic carbocycles. The maximum Gasteiger partial charge on any atom is 0.184 e. The lowest BCUT2D eigenvalue weighted by Crippen LogP contribution is -2.10. The number of carbonyl (C=O) groups is 2. The van der Waals surface area contributed by atoms with Gasteiger partial charge in [-0.1, -0.05) is 5.16 Å². The van der Waals surface area contributed by atoms with Crippen LogP contribution >= 0.6 is 0 Å². The fourth-order valence-corrected chi connectivity index (χ4v) is 0.177. The highest BCUT2D eigenvalue weighted by Crippen LogP contribution is 1.72. The minimum Gasteiger partial charge on any atom is -0.410 e. The van der Waals surface area contributed by atoms with Crippen molar-refractivity contribution in [1.29, 1.82) is 0 Å². The molecule has 8 heavy (non-hydrogen) atoms. The zero-order valence-electron chi connectivity index (χ0n) is 4.29. The fourth-order valence-electron chi connectivity index (χ4n) is 0.177. The first-order valence-electron chi connectivity index (χ1n) is 1.90. The Bertz CT molecular complexity index is 138. The van der Waals surface area contributed by atoms with E-state index in [9.17, 15) is 9.59 Å². The number of hydrogen-bond acceptors (Lipinski definition) is 4. The SMILES string of the molecule is CC(=O)/C(C=O)=N\O. The molecule has 1 N–H and O–H groups in total. The first kappa shape index (κ1) is 6.81. The molecule has 0 aliphatic heterocycles. The summed E-state index contributed by atoms with van der Waals surface area (Å²) in [6.45, 7) is 1.14. The van der Waals surface area contributed by atoms with E-state index in [0.29, 0.717) is 0 Å². The molecule has 0 aromatic heterocycles. The van der Waals surface area contributed by atoms with Crippen LogP contribution in [0, 0.1) is 0 Å². The van der Waals surface area contributed by atoms with E-state index in [2.05, 4.69) is 5.16 Å². The second-order valence-corrected chi connectivity index (χ2v) is 1.16. The van der Waals surface area contributed by atoms with Crippen molar-refractivity contribution in [3.05, 3.63) is 0 Å². The third-order valence-corrected chi connectivity index (χ3v) is 0.580. The third-order valence-electron chi connectivity index (χ3n) is 0.580. The van der Waals surface area contributed by atoms with Gasteiger partial charge in [-0.2, -0.15) is 0 Å². The summed E-state index contributed by atoms with van der Waals surface area (Å²) in [4.78, 5) is 19.7. The molecule has 4 nitrogen and oxygen atoms in total. The predicted octanol–water partition coefficient (Wildman–Crippen LogP) is -0.396. The van der Waals surface area contributed by atoms with Crippen LogP contribution in [0.1, 0.15) is 6.92 Å². The summed E-state index contributed by atoms with van der Waals surface area (Å²) in [7, 11) is 0. The zero-order chi connectivity index (χ0) is 6.57. The minimum absolute atomic E-state index is 0.197. The number of Topliss-reactive ketones (excluding diaryl/α,β-unsaturated/α-hetero) is 1. The van der Waals surface area contributed by atoms with Gasteiger partial charge in [0.05, 0.1) is 0 Å².